The molecule has 0 rings (SSSR count). The molecule has 0 unspecified atom stereocenters. The van der Waals surface area contributed by atoms with Crippen LogP contribution in [0.2, 0.25) is 0 Å². The van der Waals surface area contributed by atoms with Crippen molar-refractivity contribution in [1.82, 2.24) is 0 Å². The van der Waals surface area contributed by atoms with Gasteiger partial charge in [-0.05, 0) is 0 Å². The Bertz CT molecular complexity index is 36.5. The third-order valence-electron chi connectivity index (χ3n) is 1.21. The van der Waals surface area contributed by atoms with Gasteiger partial charge in [0.15, 0.2) is 0 Å². The Kier molecular flexibility index (Phi) is 37.7. The van der Waals surface area contributed by atoms with Gasteiger partial charge in [0, 0.05) is 0 Å². The molecule has 0 saturated carbocycles. The SMILES string of the molecule is CCCCCCC.CC[O-].[K+]. The van der Waals surface area contributed by atoms with E-state index in [0.717, 1.165) is 0 Å². The average Bonchev–Trinajstić information content (AvgIpc) is 1.91. The molecule has 0 aromatic rings. The van der Waals surface area contributed by atoms with Crippen LogP contribution in [0, 0.1) is 0 Å². The molecule has 0 aliphatic carbocycles. The monoisotopic (exact) mass is 184 g/mol. The fraction of sp³-hybridized carbons (Fsp3) is 1.00. The van der Waals surface area contributed by atoms with Gasteiger partial charge in [0.2, 0.25) is 0 Å². The third kappa shape index (κ3) is 34.1. The molecule has 0 aromatic carbocycles. The van der Waals surface area contributed by atoms with Crippen molar-refractivity contribution in [3.8, 4) is 0 Å². The predicted molar refractivity (Wildman–Crippen MR) is 45.0 cm³/mol. The maximum absolute atomic E-state index is 8.93. The smallest absolute Gasteiger partial charge is 0.855 e. The number of rotatable bonds is 4. The number of hydrogen-bond acceptors (Lipinski definition) is 1. The van der Waals surface area contributed by atoms with Crippen molar-refractivity contribution >= 4 is 0 Å². The zero-order valence-electron chi connectivity index (χ0n) is 8.65. The van der Waals surface area contributed by atoms with Crippen LogP contribution in [0.25, 0.3) is 0 Å². The van der Waals surface area contributed by atoms with Crippen molar-refractivity contribution in [3.63, 3.8) is 0 Å². The molecule has 0 spiro atoms. The van der Waals surface area contributed by atoms with E-state index in [1.54, 1.807) is 6.92 Å². The van der Waals surface area contributed by atoms with Gasteiger partial charge in [0.05, 0.1) is 0 Å². The van der Waals surface area contributed by atoms with E-state index >= 15 is 0 Å². The van der Waals surface area contributed by atoms with Gasteiger partial charge in [-0.25, -0.2) is 0 Å². The van der Waals surface area contributed by atoms with E-state index in [1.807, 2.05) is 0 Å². The Labute approximate surface area is 114 Å². The molecule has 0 aliphatic heterocycles. The molecule has 0 amide bonds. The van der Waals surface area contributed by atoms with Crippen molar-refractivity contribution < 1.29 is 56.5 Å². The Morgan fingerprint density at radius 2 is 1.09 bits per heavy atom. The molecule has 0 bridgehead atoms. The van der Waals surface area contributed by atoms with Gasteiger partial charge < -0.3 is 5.11 Å². The maximum atomic E-state index is 8.93. The van der Waals surface area contributed by atoms with Crippen LogP contribution in [0.5, 0.6) is 0 Å². The predicted octanol–water partition coefficient (Wildman–Crippen LogP) is -0.653. The molecule has 0 fully saturated rings. The van der Waals surface area contributed by atoms with Crippen LogP contribution in [-0.2, 0) is 0 Å². The first-order valence-electron chi connectivity index (χ1n) is 4.41. The first kappa shape index (κ1) is 18.4. The van der Waals surface area contributed by atoms with Gasteiger partial charge in [-0.3, -0.25) is 0 Å². The summed E-state index contributed by atoms with van der Waals surface area (Å²) < 4.78 is 0. The Hall–Kier alpha value is 1.60. The summed E-state index contributed by atoms with van der Waals surface area (Å²) in [4.78, 5) is 0. The summed E-state index contributed by atoms with van der Waals surface area (Å²) in [7, 11) is 0. The third-order valence-corrected chi connectivity index (χ3v) is 1.21. The second-order valence-electron chi connectivity index (χ2n) is 2.35. The largest absolute Gasteiger partial charge is 1.00 e. The summed E-state index contributed by atoms with van der Waals surface area (Å²) in [6.45, 7) is 6.06. The molecule has 0 atom stereocenters. The van der Waals surface area contributed by atoms with Crippen LogP contribution in [0.3, 0.4) is 0 Å². The summed E-state index contributed by atoms with van der Waals surface area (Å²) in [6.07, 6.45) is 7.01. The van der Waals surface area contributed by atoms with Crippen molar-refractivity contribution in [3.05, 3.63) is 0 Å². The molecular weight excluding hydrogens is 163 g/mol. The Morgan fingerprint density at radius 1 is 0.818 bits per heavy atom. The van der Waals surface area contributed by atoms with Crippen LogP contribution in [0.1, 0.15) is 52.9 Å². The van der Waals surface area contributed by atoms with Gasteiger partial charge in [-0.2, -0.15) is 0 Å². The maximum Gasteiger partial charge on any atom is 1.00 e. The Morgan fingerprint density at radius 3 is 1.27 bits per heavy atom. The molecule has 2 heteroatoms. The fourth-order valence-electron chi connectivity index (χ4n) is 0.677. The van der Waals surface area contributed by atoms with Crippen LogP contribution in [-0.4, -0.2) is 6.61 Å². The molecule has 0 N–H and O–H groups in total. The second-order valence-corrected chi connectivity index (χ2v) is 2.35. The zero-order chi connectivity index (χ0) is 8.24. The number of unbranched alkanes of at least 4 members (excludes halogenated alkanes) is 4. The van der Waals surface area contributed by atoms with Crippen LogP contribution in [0.15, 0.2) is 0 Å². The van der Waals surface area contributed by atoms with Crippen molar-refractivity contribution in [2.24, 2.45) is 0 Å². The topological polar surface area (TPSA) is 23.1 Å². The molecule has 0 heterocycles. The van der Waals surface area contributed by atoms with Crippen LogP contribution in [0.4, 0.5) is 0 Å². The van der Waals surface area contributed by atoms with Gasteiger partial charge in [-0.15, -0.1) is 6.61 Å². The summed E-state index contributed by atoms with van der Waals surface area (Å²) in [5.74, 6) is 0. The minimum Gasteiger partial charge on any atom is -0.855 e. The summed E-state index contributed by atoms with van der Waals surface area (Å²) >= 11 is 0. The summed E-state index contributed by atoms with van der Waals surface area (Å²) in [6, 6.07) is 0. The quantitative estimate of drug-likeness (QED) is 0.420. The number of hydrogen-bond donors (Lipinski definition) is 0. The Balaban J connectivity index is -0.000000140. The van der Waals surface area contributed by atoms with Crippen molar-refractivity contribution in [2.75, 3.05) is 6.61 Å². The second kappa shape index (κ2) is 22.6. The molecule has 0 saturated heterocycles. The van der Waals surface area contributed by atoms with E-state index < -0.39 is 0 Å². The van der Waals surface area contributed by atoms with E-state index in [4.69, 9.17) is 5.11 Å². The minimum absolute atomic E-state index is 0. The van der Waals surface area contributed by atoms with Gasteiger partial charge in [0.25, 0.3) is 0 Å². The zero-order valence-corrected chi connectivity index (χ0v) is 11.8. The van der Waals surface area contributed by atoms with Gasteiger partial charge >= 0.3 is 51.4 Å². The van der Waals surface area contributed by atoms with Crippen LogP contribution < -0.4 is 56.5 Å². The van der Waals surface area contributed by atoms with Crippen molar-refractivity contribution in [2.45, 2.75) is 52.9 Å². The average molecular weight is 184 g/mol. The molecule has 11 heavy (non-hydrogen) atoms. The molecule has 0 aromatic heterocycles. The first-order chi connectivity index (χ1) is 4.83. The van der Waals surface area contributed by atoms with Gasteiger partial charge in [-0.1, -0.05) is 52.9 Å². The first-order valence-corrected chi connectivity index (χ1v) is 4.41. The normalized spacial score (nSPS) is 7.64. The fourth-order valence-corrected chi connectivity index (χ4v) is 0.677. The molecule has 0 aliphatic rings. The van der Waals surface area contributed by atoms with E-state index in [0.29, 0.717) is 0 Å². The van der Waals surface area contributed by atoms with E-state index in [9.17, 15) is 0 Å². The molecule has 1 nitrogen and oxygen atoms in total. The van der Waals surface area contributed by atoms with E-state index in [-0.39, 0.29) is 58.0 Å². The van der Waals surface area contributed by atoms with Gasteiger partial charge in [0.1, 0.15) is 0 Å². The van der Waals surface area contributed by atoms with E-state index in [2.05, 4.69) is 13.8 Å². The standard InChI is InChI=1S/C7H16.C2H5O.K/c1-3-5-7-6-4-2;1-2-3;/h3-7H2,1-2H3;2H2,1H3;/q;-1;+1. The van der Waals surface area contributed by atoms with Crippen LogP contribution >= 0.6 is 0 Å². The minimum atomic E-state index is 0. The van der Waals surface area contributed by atoms with E-state index in [1.165, 1.54) is 32.1 Å². The molecular formula is C9H21KO. The van der Waals surface area contributed by atoms with Crippen molar-refractivity contribution in [1.29, 1.82) is 0 Å². The molecule has 64 valence electrons. The summed E-state index contributed by atoms with van der Waals surface area (Å²) in [5.41, 5.74) is 0. The molecule has 0 radical (unpaired) electrons. The summed E-state index contributed by atoms with van der Waals surface area (Å²) in [5, 5.41) is 8.93.